The molecule has 4 heteroatoms. The Balaban J connectivity index is 1.98. The van der Waals surface area contributed by atoms with Gasteiger partial charge in [-0.3, -0.25) is 9.78 Å². The number of rotatable bonds is 5. The quantitative estimate of drug-likeness (QED) is 0.918. The third-order valence-corrected chi connectivity index (χ3v) is 3.63. The van der Waals surface area contributed by atoms with Crippen molar-refractivity contribution in [2.24, 2.45) is 0 Å². The van der Waals surface area contributed by atoms with E-state index in [1.54, 1.807) is 19.5 Å². The Labute approximate surface area is 125 Å². The van der Waals surface area contributed by atoms with Crippen LogP contribution >= 0.6 is 0 Å². The van der Waals surface area contributed by atoms with Gasteiger partial charge in [-0.05, 0) is 48.2 Å². The van der Waals surface area contributed by atoms with Gasteiger partial charge in [0.1, 0.15) is 5.75 Å². The van der Waals surface area contributed by atoms with Crippen LogP contribution in [-0.4, -0.2) is 18.0 Å². The number of nitrogens with one attached hydrogen (secondary N) is 1. The van der Waals surface area contributed by atoms with Gasteiger partial charge in [-0.1, -0.05) is 12.1 Å². The lowest BCUT2D eigenvalue weighted by molar-refractivity contribution is -0.120. The normalized spacial score (nSPS) is 10.2. The van der Waals surface area contributed by atoms with Gasteiger partial charge in [0.25, 0.3) is 0 Å². The molecule has 0 fully saturated rings. The second-order valence-electron chi connectivity index (χ2n) is 4.99. The molecular formula is C17H20N2O2. The van der Waals surface area contributed by atoms with Crippen LogP contribution in [0.5, 0.6) is 5.75 Å². The molecule has 1 N–H and O–H groups in total. The zero-order valence-corrected chi connectivity index (χ0v) is 12.6. The monoisotopic (exact) mass is 284 g/mol. The maximum Gasteiger partial charge on any atom is 0.224 e. The molecule has 0 aliphatic carbocycles. The summed E-state index contributed by atoms with van der Waals surface area (Å²) in [5, 5.41) is 2.91. The maximum absolute atomic E-state index is 12.0. The summed E-state index contributed by atoms with van der Waals surface area (Å²) in [7, 11) is 1.65. The summed E-state index contributed by atoms with van der Waals surface area (Å²) in [6, 6.07) is 7.66. The fourth-order valence-electron chi connectivity index (χ4n) is 2.20. The molecule has 0 bridgehead atoms. The molecule has 0 saturated heterocycles. The summed E-state index contributed by atoms with van der Waals surface area (Å²) in [6.45, 7) is 4.52. The first-order chi connectivity index (χ1) is 10.1. The van der Waals surface area contributed by atoms with E-state index in [1.165, 1.54) is 0 Å². The van der Waals surface area contributed by atoms with Gasteiger partial charge in [-0.15, -0.1) is 0 Å². The van der Waals surface area contributed by atoms with Crippen LogP contribution in [0.1, 0.15) is 22.3 Å². The topological polar surface area (TPSA) is 51.2 Å². The highest BCUT2D eigenvalue weighted by Crippen LogP contribution is 2.24. The van der Waals surface area contributed by atoms with Crippen molar-refractivity contribution < 1.29 is 9.53 Å². The fraction of sp³-hybridized carbons (Fsp3) is 0.294. The lowest BCUT2D eigenvalue weighted by Crippen LogP contribution is -2.25. The Bertz CT molecular complexity index is 624. The third-order valence-electron chi connectivity index (χ3n) is 3.63. The number of hydrogen-bond acceptors (Lipinski definition) is 3. The average molecular weight is 284 g/mol. The van der Waals surface area contributed by atoms with E-state index in [9.17, 15) is 4.79 Å². The molecule has 4 nitrogen and oxygen atoms in total. The van der Waals surface area contributed by atoms with Crippen LogP contribution in [0, 0.1) is 13.8 Å². The molecule has 0 radical (unpaired) electrons. The van der Waals surface area contributed by atoms with Gasteiger partial charge in [-0.2, -0.15) is 0 Å². The van der Waals surface area contributed by atoms with Gasteiger partial charge >= 0.3 is 0 Å². The van der Waals surface area contributed by atoms with Gasteiger partial charge in [-0.25, -0.2) is 0 Å². The number of hydrogen-bond donors (Lipinski definition) is 1. The maximum atomic E-state index is 12.0. The molecule has 110 valence electrons. The highest BCUT2D eigenvalue weighted by Gasteiger charge is 2.10. The van der Waals surface area contributed by atoms with Gasteiger partial charge < -0.3 is 10.1 Å². The Morgan fingerprint density at radius 1 is 1.24 bits per heavy atom. The second-order valence-corrected chi connectivity index (χ2v) is 4.99. The minimum Gasteiger partial charge on any atom is -0.496 e. The molecule has 1 aromatic carbocycles. The van der Waals surface area contributed by atoms with E-state index in [-0.39, 0.29) is 5.91 Å². The van der Waals surface area contributed by atoms with Crippen LogP contribution in [-0.2, 0) is 17.8 Å². The van der Waals surface area contributed by atoms with E-state index in [4.69, 9.17) is 4.74 Å². The van der Waals surface area contributed by atoms with Gasteiger partial charge in [0.05, 0.1) is 13.5 Å². The van der Waals surface area contributed by atoms with Crippen molar-refractivity contribution in [2.45, 2.75) is 26.8 Å². The summed E-state index contributed by atoms with van der Waals surface area (Å²) < 4.78 is 5.28. The van der Waals surface area contributed by atoms with Crippen molar-refractivity contribution in [3.8, 4) is 5.75 Å². The van der Waals surface area contributed by atoms with Gasteiger partial charge in [0.15, 0.2) is 0 Å². The molecule has 2 rings (SSSR count). The summed E-state index contributed by atoms with van der Waals surface area (Å²) in [5.74, 6) is 0.860. The van der Waals surface area contributed by atoms with Crippen molar-refractivity contribution in [1.29, 1.82) is 0 Å². The van der Waals surface area contributed by atoms with E-state index in [2.05, 4.69) is 10.3 Å². The highest BCUT2D eigenvalue weighted by molar-refractivity contribution is 5.79. The molecule has 1 amide bonds. The number of methoxy groups -OCH3 is 1. The van der Waals surface area contributed by atoms with Crippen LogP contribution in [0.25, 0.3) is 0 Å². The SMILES string of the molecule is COc1ccc(CC(=O)NCc2cccnc2)c(C)c1C. The van der Waals surface area contributed by atoms with E-state index < -0.39 is 0 Å². The average Bonchev–Trinajstić information content (AvgIpc) is 2.51. The second kappa shape index (κ2) is 6.88. The van der Waals surface area contributed by atoms with E-state index in [1.807, 2.05) is 38.1 Å². The first kappa shape index (κ1) is 15.0. The lowest BCUT2D eigenvalue weighted by Gasteiger charge is -2.12. The summed E-state index contributed by atoms with van der Waals surface area (Å²) in [5.41, 5.74) is 4.20. The first-order valence-electron chi connectivity index (χ1n) is 6.90. The molecule has 0 atom stereocenters. The minimum atomic E-state index is 0.00604. The fourth-order valence-corrected chi connectivity index (χ4v) is 2.20. The predicted octanol–water partition coefficient (Wildman–Crippen LogP) is 2.57. The highest BCUT2D eigenvalue weighted by atomic mass is 16.5. The van der Waals surface area contributed by atoms with Crippen LogP contribution < -0.4 is 10.1 Å². The number of ether oxygens (including phenoxy) is 1. The van der Waals surface area contributed by atoms with Crippen molar-refractivity contribution >= 4 is 5.91 Å². The van der Waals surface area contributed by atoms with Crippen molar-refractivity contribution in [1.82, 2.24) is 10.3 Å². The summed E-state index contributed by atoms with van der Waals surface area (Å²) in [4.78, 5) is 16.1. The van der Waals surface area contributed by atoms with Crippen molar-refractivity contribution in [2.75, 3.05) is 7.11 Å². The van der Waals surface area contributed by atoms with Crippen LogP contribution in [0.3, 0.4) is 0 Å². The zero-order valence-electron chi connectivity index (χ0n) is 12.6. The van der Waals surface area contributed by atoms with Gasteiger partial charge in [0, 0.05) is 18.9 Å². The number of nitrogens with zero attached hydrogens (tertiary/aromatic N) is 1. The summed E-state index contributed by atoms with van der Waals surface area (Å²) in [6.07, 6.45) is 3.84. The van der Waals surface area contributed by atoms with Crippen molar-refractivity contribution in [3.63, 3.8) is 0 Å². The van der Waals surface area contributed by atoms with Crippen LogP contribution in [0.4, 0.5) is 0 Å². The molecule has 21 heavy (non-hydrogen) atoms. The molecule has 0 aliphatic heterocycles. The van der Waals surface area contributed by atoms with Crippen molar-refractivity contribution in [3.05, 3.63) is 58.9 Å². The third kappa shape index (κ3) is 3.81. The molecule has 2 aromatic rings. The minimum absolute atomic E-state index is 0.00604. The number of carbonyl (C=O) groups excluding carboxylic acids is 1. The lowest BCUT2D eigenvalue weighted by atomic mass is 10.00. The number of aromatic nitrogens is 1. The van der Waals surface area contributed by atoms with E-state index >= 15 is 0 Å². The molecule has 0 saturated carbocycles. The van der Waals surface area contributed by atoms with Gasteiger partial charge in [0.2, 0.25) is 5.91 Å². The van der Waals surface area contributed by atoms with E-state index in [0.29, 0.717) is 13.0 Å². The zero-order chi connectivity index (χ0) is 15.2. The molecule has 0 unspecified atom stereocenters. The predicted molar refractivity (Wildman–Crippen MR) is 82.3 cm³/mol. The molecule has 0 spiro atoms. The van der Waals surface area contributed by atoms with Crippen LogP contribution in [0.15, 0.2) is 36.7 Å². The molecular weight excluding hydrogens is 264 g/mol. The van der Waals surface area contributed by atoms with Crippen LogP contribution in [0.2, 0.25) is 0 Å². The smallest absolute Gasteiger partial charge is 0.224 e. The molecule has 1 aromatic heterocycles. The Kier molecular flexibility index (Phi) is 4.93. The molecule has 1 heterocycles. The Hall–Kier alpha value is -2.36. The molecule has 0 aliphatic rings. The standard InChI is InChI=1S/C17H20N2O2/c1-12-13(2)16(21-3)7-6-15(12)9-17(20)19-11-14-5-4-8-18-10-14/h4-8,10H,9,11H2,1-3H3,(H,19,20). The number of carbonyl (C=O) groups is 1. The first-order valence-corrected chi connectivity index (χ1v) is 6.90. The Morgan fingerprint density at radius 2 is 2.05 bits per heavy atom. The Morgan fingerprint density at radius 3 is 2.71 bits per heavy atom. The number of amides is 1. The van der Waals surface area contributed by atoms with E-state index in [0.717, 1.165) is 28.0 Å². The number of benzene rings is 1. The number of pyridine rings is 1. The summed E-state index contributed by atoms with van der Waals surface area (Å²) >= 11 is 0. The largest absolute Gasteiger partial charge is 0.496 e.